The zero-order chi connectivity index (χ0) is 14.6. The van der Waals surface area contributed by atoms with Gasteiger partial charge in [0.15, 0.2) is 5.41 Å². The lowest BCUT2D eigenvalue weighted by Gasteiger charge is -2.44. The first-order valence-corrected chi connectivity index (χ1v) is 7.06. The van der Waals surface area contributed by atoms with Crippen LogP contribution in [0.15, 0.2) is 30.3 Å². The summed E-state index contributed by atoms with van der Waals surface area (Å²) in [6.07, 6.45) is 1.28. The van der Waals surface area contributed by atoms with Crippen molar-refractivity contribution >= 4 is 11.9 Å². The maximum atomic E-state index is 12.3. The van der Waals surface area contributed by atoms with Gasteiger partial charge in [0.2, 0.25) is 0 Å². The van der Waals surface area contributed by atoms with Crippen molar-refractivity contribution in [1.82, 2.24) is 0 Å². The number of ether oxygens (including phenoxy) is 2. The number of hydrogen-bond acceptors (Lipinski definition) is 4. The highest BCUT2D eigenvalue weighted by Crippen LogP contribution is 2.54. The van der Waals surface area contributed by atoms with Crippen LogP contribution in [-0.2, 0) is 19.1 Å². The summed E-state index contributed by atoms with van der Waals surface area (Å²) in [4.78, 5) is 24.6. The highest BCUT2D eigenvalue weighted by molar-refractivity contribution is 6.02. The predicted octanol–water partition coefficient (Wildman–Crippen LogP) is 2.68. The monoisotopic (exact) mass is 276 g/mol. The number of benzene rings is 1. The molecule has 2 rings (SSSR count). The van der Waals surface area contributed by atoms with Gasteiger partial charge in [0.05, 0.1) is 13.2 Å². The van der Waals surface area contributed by atoms with Crippen LogP contribution in [0.4, 0.5) is 0 Å². The molecule has 1 unspecified atom stereocenters. The zero-order valence-electron chi connectivity index (χ0n) is 11.9. The van der Waals surface area contributed by atoms with E-state index in [0.29, 0.717) is 6.42 Å². The van der Waals surface area contributed by atoms with Gasteiger partial charge in [-0.3, -0.25) is 9.59 Å². The average molecular weight is 276 g/mol. The van der Waals surface area contributed by atoms with Crippen LogP contribution in [0.2, 0.25) is 0 Å². The summed E-state index contributed by atoms with van der Waals surface area (Å²) in [5.74, 6) is -1.07. The minimum atomic E-state index is -1.16. The molecule has 20 heavy (non-hydrogen) atoms. The van der Waals surface area contributed by atoms with Gasteiger partial charge < -0.3 is 9.47 Å². The SMILES string of the molecule is CCOC(=O)C1(C(=O)OCC)CCC1c1ccccc1. The van der Waals surface area contributed by atoms with E-state index in [1.807, 2.05) is 30.3 Å². The van der Waals surface area contributed by atoms with E-state index in [4.69, 9.17) is 9.47 Å². The smallest absolute Gasteiger partial charge is 0.324 e. The van der Waals surface area contributed by atoms with Gasteiger partial charge in [-0.2, -0.15) is 0 Å². The van der Waals surface area contributed by atoms with Crippen LogP contribution >= 0.6 is 0 Å². The molecule has 108 valence electrons. The quantitative estimate of drug-likeness (QED) is 0.613. The number of carbonyl (C=O) groups excluding carboxylic acids is 2. The van der Waals surface area contributed by atoms with Gasteiger partial charge in [-0.25, -0.2) is 0 Å². The zero-order valence-corrected chi connectivity index (χ0v) is 11.9. The molecule has 1 saturated carbocycles. The third kappa shape index (κ3) is 2.30. The van der Waals surface area contributed by atoms with Crippen molar-refractivity contribution in [3.63, 3.8) is 0 Å². The van der Waals surface area contributed by atoms with Crippen LogP contribution in [-0.4, -0.2) is 25.2 Å². The fraction of sp³-hybridized carbons (Fsp3) is 0.500. The lowest BCUT2D eigenvalue weighted by Crippen LogP contribution is -2.53. The van der Waals surface area contributed by atoms with Gasteiger partial charge in [0.1, 0.15) is 0 Å². The average Bonchev–Trinajstić information content (AvgIpc) is 2.40. The molecule has 1 fully saturated rings. The van der Waals surface area contributed by atoms with E-state index in [-0.39, 0.29) is 19.1 Å². The van der Waals surface area contributed by atoms with Crippen molar-refractivity contribution < 1.29 is 19.1 Å². The Morgan fingerprint density at radius 2 is 1.65 bits per heavy atom. The van der Waals surface area contributed by atoms with Crippen LogP contribution in [0.5, 0.6) is 0 Å². The summed E-state index contributed by atoms with van der Waals surface area (Å²) in [7, 11) is 0. The number of hydrogen-bond donors (Lipinski definition) is 0. The molecular weight excluding hydrogens is 256 g/mol. The second-order valence-corrected chi connectivity index (χ2v) is 4.91. The lowest BCUT2D eigenvalue weighted by atomic mass is 9.57. The minimum absolute atomic E-state index is 0.151. The Hall–Kier alpha value is -1.84. The van der Waals surface area contributed by atoms with Crippen molar-refractivity contribution in [3.05, 3.63) is 35.9 Å². The van der Waals surface area contributed by atoms with Crippen molar-refractivity contribution in [2.45, 2.75) is 32.6 Å². The van der Waals surface area contributed by atoms with Crippen molar-refractivity contribution in [2.24, 2.45) is 5.41 Å². The van der Waals surface area contributed by atoms with Crippen LogP contribution in [0.1, 0.15) is 38.2 Å². The van der Waals surface area contributed by atoms with Crippen molar-refractivity contribution in [3.8, 4) is 0 Å². The Balaban J connectivity index is 2.33. The summed E-state index contributed by atoms with van der Waals surface area (Å²) in [5, 5.41) is 0. The normalized spacial score (nSPS) is 19.8. The van der Waals surface area contributed by atoms with E-state index in [9.17, 15) is 9.59 Å². The van der Waals surface area contributed by atoms with E-state index in [1.165, 1.54) is 0 Å². The van der Waals surface area contributed by atoms with Gasteiger partial charge in [0, 0.05) is 5.92 Å². The Labute approximate surface area is 119 Å². The van der Waals surface area contributed by atoms with E-state index in [2.05, 4.69) is 0 Å². The first kappa shape index (κ1) is 14.6. The maximum Gasteiger partial charge on any atom is 0.324 e. The van der Waals surface area contributed by atoms with Gasteiger partial charge in [-0.1, -0.05) is 30.3 Å². The predicted molar refractivity (Wildman–Crippen MR) is 74.1 cm³/mol. The molecular formula is C16H20O4. The third-order valence-electron chi connectivity index (χ3n) is 3.90. The van der Waals surface area contributed by atoms with Crippen LogP contribution in [0.3, 0.4) is 0 Å². The maximum absolute atomic E-state index is 12.3. The Bertz CT molecular complexity index is 463. The lowest BCUT2D eigenvalue weighted by molar-refractivity contribution is -0.181. The molecule has 0 amide bonds. The largest absolute Gasteiger partial charge is 0.465 e. The van der Waals surface area contributed by atoms with Gasteiger partial charge in [-0.05, 0) is 32.3 Å². The summed E-state index contributed by atoms with van der Waals surface area (Å²) in [6.45, 7) is 4.02. The molecule has 0 saturated heterocycles. The van der Waals surface area contributed by atoms with E-state index in [1.54, 1.807) is 13.8 Å². The van der Waals surface area contributed by atoms with Crippen LogP contribution in [0.25, 0.3) is 0 Å². The van der Waals surface area contributed by atoms with E-state index < -0.39 is 17.4 Å². The minimum Gasteiger partial charge on any atom is -0.465 e. The molecule has 1 aromatic rings. The molecule has 1 aliphatic carbocycles. The summed E-state index contributed by atoms with van der Waals surface area (Å²) >= 11 is 0. The summed E-state index contributed by atoms with van der Waals surface area (Å²) in [6, 6.07) is 9.62. The van der Waals surface area contributed by atoms with Gasteiger partial charge in [0.25, 0.3) is 0 Å². The Morgan fingerprint density at radius 3 is 2.05 bits per heavy atom. The number of rotatable bonds is 5. The molecule has 0 aromatic heterocycles. The second-order valence-electron chi connectivity index (χ2n) is 4.91. The standard InChI is InChI=1S/C16H20O4/c1-3-19-14(17)16(15(18)20-4-2)11-10-13(16)12-8-6-5-7-9-12/h5-9,13H,3-4,10-11H2,1-2H3. The van der Waals surface area contributed by atoms with Crippen molar-refractivity contribution in [2.75, 3.05) is 13.2 Å². The topological polar surface area (TPSA) is 52.6 Å². The molecule has 1 aromatic carbocycles. The molecule has 0 radical (unpaired) electrons. The molecule has 0 N–H and O–H groups in total. The Kier molecular flexibility index (Phi) is 4.42. The summed E-state index contributed by atoms with van der Waals surface area (Å²) < 4.78 is 10.3. The molecule has 0 heterocycles. The molecule has 0 aliphatic heterocycles. The van der Waals surface area contributed by atoms with E-state index >= 15 is 0 Å². The first-order valence-electron chi connectivity index (χ1n) is 7.06. The Morgan fingerprint density at radius 1 is 1.10 bits per heavy atom. The highest BCUT2D eigenvalue weighted by Gasteiger charge is 2.61. The number of esters is 2. The molecule has 1 atom stereocenters. The third-order valence-corrected chi connectivity index (χ3v) is 3.90. The highest BCUT2D eigenvalue weighted by atomic mass is 16.6. The molecule has 0 bridgehead atoms. The van der Waals surface area contributed by atoms with E-state index in [0.717, 1.165) is 12.0 Å². The molecule has 4 heteroatoms. The molecule has 0 spiro atoms. The van der Waals surface area contributed by atoms with Gasteiger partial charge >= 0.3 is 11.9 Å². The van der Waals surface area contributed by atoms with Crippen LogP contribution in [0, 0.1) is 5.41 Å². The first-order chi connectivity index (χ1) is 9.66. The van der Waals surface area contributed by atoms with Crippen molar-refractivity contribution in [1.29, 1.82) is 0 Å². The fourth-order valence-corrected chi connectivity index (χ4v) is 2.81. The number of carbonyl (C=O) groups is 2. The van der Waals surface area contributed by atoms with Crippen LogP contribution < -0.4 is 0 Å². The fourth-order valence-electron chi connectivity index (χ4n) is 2.81. The summed E-state index contributed by atoms with van der Waals surface area (Å²) in [5.41, 5.74) is -0.173. The van der Waals surface area contributed by atoms with Gasteiger partial charge in [-0.15, -0.1) is 0 Å². The molecule has 4 nitrogen and oxygen atoms in total. The molecule has 1 aliphatic rings. The second kappa shape index (κ2) is 6.07.